The van der Waals surface area contributed by atoms with Gasteiger partial charge >= 0.3 is 0 Å². The molecule has 2 nitrogen and oxygen atoms in total. The van der Waals surface area contributed by atoms with Gasteiger partial charge in [-0.3, -0.25) is 0 Å². The lowest BCUT2D eigenvalue weighted by Crippen LogP contribution is -2.11. The van der Waals surface area contributed by atoms with E-state index in [-0.39, 0.29) is 10.2 Å². The van der Waals surface area contributed by atoms with Crippen molar-refractivity contribution in [2.24, 2.45) is 5.73 Å². The van der Waals surface area contributed by atoms with Gasteiger partial charge in [-0.05, 0) is 52.7 Å². The Morgan fingerprint density at radius 3 is 2.50 bits per heavy atom. The molecule has 0 aliphatic carbocycles. The van der Waals surface area contributed by atoms with Crippen LogP contribution in [0.25, 0.3) is 0 Å². The summed E-state index contributed by atoms with van der Waals surface area (Å²) in [5.41, 5.74) is 7.88. The topological polar surface area (TPSA) is 38.0 Å². The molecule has 0 fully saturated rings. The number of rotatable bonds is 3. The average Bonchev–Trinajstić information content (AvgIpc) is 2.35. The Bertz CT molecular complexity index is 689. The van der Waals surface area contributed by atoms with Gasteiger partial charge < -0.3 is 11.1 Å². The molecule has 0 aliphatic rings. The highest BCUT2D eigenvalue weighted by Crippen LogP contribution is 2.26. The molecular weight excluding hydrogens is 346 g/mol. The van der Waals surface area contributed by atoms with Gasteiger partial charge in [-0.2, -0.15) is 0 Å². The highest BCUT2D eigenvalue weighted by molar-refractivity contribution is 9.10. The molecule has 0 spiro atoms. The maximum Gasteiger partial charge on any atom is 0.147 e. The van der Waals surface area contributed by atoms with Gasteiger partial charge in [0, 0.05) is 17.3 Å². The Hall–Kier alpha value is -1.53. The second-order valence-corrected chi connectivity index (χ2v) is 5.56. The zero-order chi connectivity index (χ0) is 14.9. The monoisotopic (exact) mass is 356 g/mol. The van der Waals surface area contributed by atoms with E-state index in [1.807, 2.05) is 6.92 Å². The van der Waals surface area contributed by atoms with Crippen LogP contribution in [0.4, 0.5) is 20.2 Å². The van der Waals surface area contributed by atoms with Crippen molar-refractivity contribution in [3.63, 3.8) is 0 Å². The molecule has 0 saturated heterocycles. The minimum absolute atomic E-state index is 0.0631. The Labute approximate surface area is 129 Å². The largest absolute Gasteiger partial charge is 0.389 e. The Kier molecular flexibility index (Phi) is 4.35. The van der Waals surface area contributed by atoms with Gasteiger partial charge in [-0.25, -0.2) is 8.78 Å². The number of aryl methyl sites for hydroxylation is 1. The maximum absolute atomic E-state index is 13.7. The lowest BCUT2D eigenvalue weighted by atomic mass is 10.1. The van der Waals surface area contributed by atoms with Crippen molar-refractivity contribution < 1.29 is 8.78 Å². The number of anilines is 2. The van der Waals surface area contributed by atoms with Crippen LogP contribution in [0.5, 0.6) is 0 Å². The molecular formula is C14H11BrF2N2S. The summed E-state index contributed by atoms with van der Waals surface area (Å²) in [5, 5.41) is 2.83. The standard InChI is InChI=1S/C14H11BrF2N2S/c1-7-4-8(2-3-9(7)14(18)20)19-13-6-11(16)10(15)5-12(13)17/h2-6,19H,1H3,(H2,18,20). The van der Waals surface area contributed by atoms with Gasteiger partial charge in [0.25, 0.3) is 0 Å². The Balaban J connectivity index is 2.33. The van der Waals surface area contributed by atoms with Crippen molar-refractivity contribution in [3.05, 3.63) is 57.6 Å². The van der Waals surface area contributed by atoms with E-state index in [0.717, 1.165) is 23.3 Å². The number of nitrogens with two attached hydrogens (primary N) is 1. The van der Waals surface area contributed by atoms with Gasteiger partial charge in [0.15, 0.2) is 0 Å². The Morgan fingerprint density at radius 1 is 1.20 bits per heavy atom. The molecule has 0 atom stereocenters. The third-order valence-corrected chi connectivity index (χ3v) is 3.61. The van der Waals surface area contributed by atoms with E-state index in [2.05, 4.69) is 21.2 Å². The summed E-state index contributed by atoms with van der Waals surface area (Å²) in [6.07, 6.45) is 0. The number of hydrogen-bond donors (Lipinski definition) is 2. The first-order chi connectivity index (χ1) is 9.38. The van der Waals surface area contributed by atoms with Crippen molar-refractivity contribution in [3.8, 4) is 0 Å². The smallest absolute Gasteiger partial charge is 0.147 e. The van der Waals surface area contributed by atoms with Crippen LogP contribution in [0.15, 0.2) is 34.8 Å². The van der Waals surface area contributed by atoms with Crippen molar-refractivity contribution in [2.45, 2.75) is 6.92 Å². The van der Waals surface area contributed by atoms with Gasteiger partial charge in [0.05, 0.1) is 10.2 Å². The lowest BCUT2D eigenvalue weighted by Gasteiger charge is -2.11. The van der Waals surface area contributed by atoms with E-state index in [9.17, 15) is 8.78 Å². The maximum atomic E-state index is 13.7. The lowest BCUT2D eigenvalue weighted by molar-refractivity contribution is 0.598. The second-order valence-electron chi connectivity index (χ2n) is 4.27. The molecule has 0 aromatic heterocycles. The molecule has 2 aromatic rings. The molecule has 104 valence electrons. The van der Waals surface area contributed by atoms with Crippen molar-refractivity contribution in [1.82, 2.24) is 0 Å². The summed E-state index contributed by atoms with van der Waals surface area (Å²) in [6.45, 7) is 1.85. The van der Waals surface area contributed by atoms with Crippen molar-refractivity contribution in [1.29, 1.82) is 0 Å². The Morgan fingerprint density at radius 2 is 1.90 bits per heavy atom. The first-order valence-electron chi connectivity index (χ1n) is 5.70. The van der Waals surface area contributed by atoms with E-state index in [4.69, 9.17) is 18.0 Å². The fraction of sp³-hybridized carbons (Fsp3) is 0.0714. The fourth-order valence-electron chi connectivity index (χ4n) is 1.79. The highest BCUT2D eigenvalue weighted by Gasteiger charge is 2.09. The summed E-state index contributed by atoms with van der Waals surface area (Å²) in [7, 11) is 0. The molecule has 0 aliphatic heterocycles. The van der Waals surface area contributed by atoms with Crippen LogP contribution in [-0.2, 0) is 0 Å². The second kappa shape index (κ2) is 5.85. The molecule has 0 heterocycles. The van der Waals surface area contributed by atoms with E-state index in [1.54, 1.807) is 18.2 Å². The number of nitrogens with one attached hydrogen (secondary N) is 1. The summed E-state index contributed by atoms with van der Waals surface area (Å²) >= 11 is 7.85. The van der Waals surface area contributed by atoms with E-state index >= 15 is 0 Å². The van der Waals surface area contributed by atoms with Gasteiger partial charge in [-0.15, -0.1) is 0 Å². The minimum atomic E-state index is -0.547. The first-order valence-corrected chi connectivity index (χ1v) is 6.90. The number of hydrogen-bond acceptors (Lipinski definition) is 2. The van der Waals surface area contributed by atoms with Crippen LogP contribution < -0.4 is 11.1 Å². The third-order valence-electron chi connectivity index (χ3n) is 2.78. The molecule has 3 N–H and O–H groups in total. The molecule has 2 aromatic carbocycles. The minimum Gasteiger partial charge on any atom is -0.389 e. The van der Waals surface area contributed by atoms with Crippen LogP contribution in [0.2, 0.25) is 0 Å². The zero-order valence-corrected chi connectivity index (χ0v) is 12.9. The van der Waals surface area contributed by atoms with Gasteiger partial charge in [-0.1, -0.05) is 12.2 Å². The van der Waals surface area contributed by atoms with Crippen LogP contribution in [-0.4, -0.2) is 4.99 Å². The van der Waals surface area contributed by atoms with Gasteiger partial charge in [0.2, 0.25) is 0 Å². The molecule has 0 bridgehead atoms. The molecule has 2 rings (SSSR count). The van der Waals surface area contributed by atoms with Crippen LogP contribution in [0.1, 0.15) is 11.1 Å². The third kappa shape index (κ3) is 3.13. The van der Waals surface area contributed by atoms with Crippen LogP contribution in [0, 0.1) is 18.6 Å². The number of thiocarbonyl (C=S) groups is 1. The predicted molar refractivity (Wildman–Crippen MR) is 84.4 cm³/mol. The fourth-order valence-corrected chi connectivity index (χ4v) is 2.34. The number of halogens is 3. The first kappa shape index (κ1) is 14.9. The quantitative estimate of drug-likeness (QED) is 0.631. The predicted octanol–water partition coefficient (Wildman–Crippen LogP) is 4.41. The summed E-state index contributed by atoms with van der Waals surface area (Å²) < 4.78 is 27.2. The SMILES string of the molecule is Cc1cc(Nc2cc(F)c(Br)cc2F)ccc1C(N)=S. The van der Waals surface area contributed by atoms with Crippen molar-refractivity contribution >= 4 is 44.5 Å². The summed E-state index contributed by atoms with van der Waals surface area (Å²) in [6, 6.07) is 7.39. The normalized spacial score (nSPS) is 10.4. The van der Waals surface area contributed by atoms with Crippen molar-refractivity contribution in [2.75, 3.05) is 5.32 Å². The van der Waals surface area contributed by atoms with E-state index in [0.29, 0.717) is 10.7 Å². The average molecular weight is 357 g/mol. The molecule has 6 heteroatoms. The van der Waals surface area contributed by atoms with Gasteiger partial charge in [0.1, 0.15) is 16.6 Å². The van der Waals surface area contributed by atoms with E-state index in [1.165, 1.54) is 0 Å². The summed E-state index contributed by atoms with van der Waals surface area (Å²) in [5.74, 6) is -1.08. The van der Waals surface area contributed by atoms with Crippen LogP contribution in [0.3, 0.4) is 0 Å². The number of benzene rings is 2. The zero-order valence-electron chi connectivity index (χ0n) is 10.5. The molecule has 0 amide bonds. The molecule has 0 radical (unpaired) electrons. The molecule has 0 saturated carbocycles. The molecule has 0 unspecified atom stereocenters. The highest BCUT2D eigenvalue weighted by atomic mass is 79.9. The molecule has 20 heavy (non-hydrogen) atoms. The van der Waals surface area contributed by atoms with Crippen LogP contribution >= 0.6 is 28.1 Å². The summed E-state index contributed by atoms with van der Waals surface area (Å²) in [4.78, 5) is 0.301. The van der Waals surface area contributed by atoms with E-state index < -0.39 is 11.6 Å².